The second-order valence-electron chi connectivity index (χ2n) is 18.9. The minimum atomic E-state index is -0.208. The van der Waals surface area contributed by atoms with Crippen LogP contribution in [-0.2, 0) is 59.0 Å². The molecule has 6 aromatic rings. The smallest absolute Gasteiger partial charge is 1.00 e. The van der Waals surface area contributed by atoms with Gasteiger partial charge in [-0.25, -0.2) is 0 Å². The molecule has 0 spiro atoms. The van der Waals surface area contributed by atoms with Crippen LogP contribution in [0.2, 0.25) is 0 Å². The minimum absolute atomic E-state index is 0. The number of aryl methyl sites for hydroxylation is 3. The first-order valence-electron chi connectivity index (χ1n) is 27.6. The molecule has 0 aliphatic rings. The van der Waals surface area contributed by atoms with Crippen LogP contribution in [0.1, 0.15) is 156 Å². The van der Waals surface area contributed by atoms with E-state index in [-0.39, 0.29) is 274 Å². The number of ether oxygens (including phenoxy) is 3. The number of carbonyl (C=O) groups is 2. The summed E-state index contributed by atoms with van der Waals surface area (Å²) in [5, 5.41) is 102. The first-order chi connectivity index (χ1) is 41.2. The largest absolute Gasteiger partial charge is 1.00 e. The van der Waals surface area contributed by atoms with Crippen LogP contribution in [-0.4, -0.2) is 94.7 Å². The Bertz CT molecular complexity index is 2580. The van der Waals surface area contributed by atoms with Gasteiger partial charge in [-0.2, -0.15) is 0 Å². The van der Waals surface area contributed by atoms with Crippen molar-refractivity contribution in [2.45, 2.75) is 146 Å². The molecule has 492 valence electrons. The van der Waals surface area contributed by atoms with Crippen LogP contribution in [0.3, 0.4) is 0 Å². The minimum Gasteiger partial charge on any atom is -1.00 e. The predicted molar refractivity (Wildman–Crippen MR) is 351 cm³/mol. The molecule has 0 saturated heterocycles. The summed E-state index contributed by atoms with van der Waals surface area (Å²) in [7, 11) is 0. The molecule has 18 nitrogen and oxygen atoms in total. The van der Waals surface area contributed by atoms with Gasteiger partial charge in [0, 0.05) is 49.4 Å². The molecule has 0 aliphatic heterocycles. The Morgan fingerprint density at radius 3 is 0.901 bits per heavy atom. The van der Waals surface area contributed by atoms with Crippen LogP contribution in [0.15, 0.2) is 109 Å². The Labute approximate surface area is 738 Å². The normalized spacial score (nSPS) is 10.3. The van der Waals surface area contributed by atoms with E-state index < -0.39 is 0 Å². The van der Waals surface area contributed by atoms with Gasteiger partial charge in [-0.3, -0.25) is 9.59 Å². The Hall–Kier alpha value is 0.725. The van der Waals surface area contributed by atoms with Crippen LogP contribution in [0.4, 0.5) is 0 Å². The third kappa shape index (κ3) is 47.4. The number of aliphatic hydroxyl groups is 6. The Morgan fingerprint density at radius 1 is 0.429 bits per heavy atom. The number of benzene rings is 6. The molecular formula is C66H95Br3K4O18. The van der Waals surface area contributed by atoms with Gasteiger partial charge in [0.1, 0.15) is 47.7 Å². The van der Waals surface area contributed by atoms with Crippen molar-refractivity contribution >= 4 is 60.7 Å². The van der Waals surface area contributed by atoms with Gasteiger partial charge < -0.3 is 83.3 Å². The third-order valence-electron chi connectivity index (χ3n) is 12.5. The van der Waals surface area contributed by atoms with E-state index >= 15 is 0 Å². The zero-order valence-corrected chi connectivity index (χ0v) is 72.0. The number of halogens is 3. The molecule has 6 rings (SSSR count). The summed E-state index contributed by atoms with van der Waals surface area (Å²) in [5.41, 5.74) is 10.5. The van der Waals surface area contributed by atoms with Crippen molar-refractivity contribution in [1.82, 2.24) is 0 Å². The van der Waals surface area contributed by atoms with Gasteiger partial charge in [0.25, 0.3) is 12.9 Å². The van der Waals surface area contributed by atoms with Crippen molar-refractivity contribution in [3.05, 3.63) is 176 Å². The van der Waals surface area contributed by atoms with E-state index in [1.807, 2.05) is 81.4 Å². The van der Waals surface area contributed by atoms with Crippen molar-refractivity contribution in [1.29, 1.82) is 0 Å². The van der Waals surface area contributed by atoms with Gasteiger partial charge in [0.15, 0.2) is 0 Å². The summed E-state index contributed by atoms with van der Waals surface area (Å²) in [5.74, 6) is 4.37. The van der Waals surface area contributed by atoms with Gasteiger partial charge in [-0.05, 0) is 111 Å². The molecule has 0 heterocycles. The van der Waals surface area contributed by atoms with Gasteiger partial charge in [-0.15, -0.1) is 0 Å². The number of phenolic OH excluding ortho intramolecular Hbond substituents is 2. The molecule has 0 aromatic heterocycles. The average molecular weight is 1570 g/mol. The molecule has 91 heavy (non-hydrogen) atoms. The number of aliphatic hydroxyl groups excluding tert-OH is 6. The van der Waals surface area contributed by atoms with Crippen molar-refractivity contribution in [2.75, 3.05) is 35.8 Å². The molecule has 0 amide bonds. The topological polar surface area (TPSA) is 308 Å². The average Bonchev–Trinajstić information content (AvgIpc) is 1.18. The second kappa shape index (κ2) is 67.9. The van der Waals surface area contributed by atoms with E-state index in [0.717, 1.165) is 68.8 Å². The van der Waals surface area contributed by atoms with Gasteiger partial charge in [-0.1, -0.05) is 186 Å². The SMILES string of the molecule is BrCCBr.C.CCC(C)c1ccc(O)cc1.CCC(C)c1ccc(O)cc1.CCC(C)c1ccc(OCCOc2c(CO)cc(C)cc2CO)cc1.Cc1cc(CO)c(O)c(CO)c1.Cc1cc(CO)c(OCCBr)c(CO)c1.O=CO[O-].O=CO[O-].[H-].[H-].[K+].[K+].[K+].[K+]. The molecule has 6 aromatic carbocycles. The molecule has 0 radical (unpaired) electrons. The number of phenols is 3. The number of rotatable bonds is 23. The van der Waals surface area contributed by atoms with E-state index in [0.29, 0.717) is 82.8 Å². The zero-order valence-electron chi connectivity index (χ0n) is 56.7. The zero-order chi connectivity index (χ0) is 65.4. The molecule has 0 aliphatic carbocycles. The fourth-order valence-corrected chi connectivity index (χ4v) is 7.68. The van der Waals surface area contributed by atoms with Crippen LogP contribution >= 0.6 is 47.8 Å². The van der Waals surface area contributed by atoms with Crippen molar-refractivity contribution in [3.8, 4) is 34.5 Å². The van der Waals surface area contributed by atoms with Gasteiger partial charge >= 0.3 is 206 Å². The Kier molecular flexibility index (Phi) is 78.5. The number of aromatic hydroxyl groups is 3. The molecule has 3 atom stereocenters. The number of alkyl halides is 3. The summed E-state index contributed by atoms with van der Waals surface area (Å²) >= 11 is 9.67. The van der Waals surface area contributed by atoms with Crippen LogP contribution in [0.5, 0.6) is 34.5 Å². The summed E-state index contributed by atoms with van der Waals surface area (Å²) in [6, 6.07) is 33.8. The number of carbonyl (C=O) groups excluding carboxylic acids is 2. The van der Waals surface area contributed by atoms with Gasteiger partial charge in [0.2, 0.25) is 0 Å². The first-order valence-corrected chi connectivity index (χ1v) is 31.0. The quantitative estimate of drug-likeness (QED) is 0.00996. The maximum absolute atomic E-state index is 9.50. The molecule has 0 bridgehead atoms. The summed E-state index contributed by atoms with van der Waals surface area (Å²) in [4.78, 5) is 22.5. The van der Waals surface area contributed by atoms with Crippen molar-refractivity contribution < 1.29 is 298 Å². The maximum atomic E-state index is 9.50. The standard InChI is InChI=1S/C21H28O4.C11H15BrO3.2C10H14O.C9H12O3.C2H4Br2.2CH2O3.CH4.4K.2H/c1-4-16(3)17-5-7-20(8-6-17)24-9-10-25-21-18(13-22)11-15(2)12-19(21)14-23;1-8-4-9(6-13)11(15-3-2-12)10(5-8)7-14;2*1-3-8(2)9-4-6-10(11)7-5-9;1-6-2-7(4-10)9(12)8(3-6)5-11;3-1-2-4;2*2-1-4-3;;;;;;;/h5-8,11-12,16,22-23H,4,9-10,13-14H2,1-3H3;4-5,13-14H,2-3,6-7H2,1H3;2*4-8,11H,3H2,1-2H3;2-3,10-12H,4-5H2,1H3;1-2H2;2*1,3H;1H4;;;;;;/q;;;;;;;;;4*+1;2*-1/p-2. The predicted octanol–water partition coefficient (Wildman–Crippen LogP) is -0.276. The fourth-order valence-electron chi connectivity index (χ4n) is 7.52. The summed E-state index contributed by atoms with van der Waals surface area (Å²) in [6.07, 6.45) is 3.40. The van der Waals surface area contributed by atoms with E-state index in [1.54, 1.807) is 36.4 Å². The fraction of sp³-hybridized carbons (Fsp3) is 0.424. The number of hydrogen-bond acceptors (Lipinski definition) is 18. The molecule has 0 fully saturated rings. The van der Waals surface area contributed by atoms with E-state index in [4.69, 9.17) is 54.7 Å². The van der Waals surface area contributed by atoms with E-state index in [1.165, 1.54) is 16.7 Å². The van der Waals surface area contributed by atoms with Crippen molar-refractivity contribution in [2.24, 2.45) is 0 Å². The van der Waals surface area contributed by atoms with Crippen LogP contribution < -0.4 is 230 Å². The van der Waals surface area contributed by atoms with Crippen LogP contribution in [0, 0.1) is 20.8 Å². The Balaban J connectivity index is -0.000000131. The van der Waals surface area contributed by atoms with Crippen LogP contribution in [0.25, 0.3) is 0 Å². The summed E-state index contributed by atoms with van der Waals surface area (Å²) in [6.45, 7) is 18.9. The first kappa shape index (κ1) is 105. The van der Waals surface area contributed by atoms with E-state index in [2.05, 4.69) is 111 Å². The maximum Gasteiger partial charge on any atom is 1.00 e. The third-order valence-corrected chi connectivity index (χ3v) is 14.7. The molecule has 0 saturated carbocycles. The summed E-state index contributed by atoms with van der Waals surface area (Å²) < 4.78 is 17.0. The van der Waals surface area contributed by atoms with Crippen molar-refractivity contribution in [3.63, 3.8) is 0 Å². The van der Waals surface area contributed by atoms with Gasteiger partial charge in [0.05, 0.1) is 46.2 Å². The molecule has 9 N–H and O–H groups in total. The monoisotopic (exact) mass is 1570 g/mol. The molecule has 25 heteroatoms. The molecule has 3 unspecified atom stereocenters. The second-order valence-corrected chi connectivity index (χ2v) is 21.3. The Morgan fingerprint density at radius 2 is 0.670 bits per heavy atom. The van der Waals surface area contributed by atoms with E-state index in [9.17, 15) is 25.5 Å². The molecular weight excluding hydrogens is 1480 g/mol. The number of hydrogen-bond donors (Lipinski definition) is 9.